The lowest BCUT2D eigenvalue weighted by Gasteiger charge is -2.28. The number of pyridine rings is 1. The van der Waals surface area contributed by atoms with Crippen LogP contribution in [0.1, 0.15) is 51.0 Å². The van der Waals surface area contributed by atoms with Gasteiger partial charge in [0.25, 0.3) is 0 Å². The van der Waals surface area contributed by atoms with Gasteiger partial charge in [-0.15, -0.1) is 0 Å². The molecule has 33 heavy (non-hydrogen) atoms. The number of para-hydroxylation sites is 2. The molecule has 0 bridgehead atoms. The number of hydrogen-bond acceptors (Lipinski definition) is 5. The van der Waals surface area contributed by atoms with Crippen molar-refractivity contribution in [2.45, 2.75) is 58.2 Å². The molecule has 4 rings (SSSR count). The molecule has 3 heterocycles. The Labute approximate surface area is 194 Å². The van der Waals surface area contributed by atoms with Crippen LogP contribution in [0, 0.1) is 0 Å². The van der Waals surface area contributed by atoms with Gasteiger partial charge in [0.15, 0.2) is 0 Å². The second-order valence-electron chi connectivity index (χ2n) is 9.34. The van der Waals surface area contributed by atoms with Crippen molar-refractivity contribution in [2.75, 3.05) is 13.1 Å². The maximum absolute atomic E-state index is 12.9. The van der Waals surface area contributed by atoms with Gasteiger partial charge in [-0.3, -0.25) is 14.7 Å². The fraction of sp³-hybridized carbons (Fsp3) is 0.440. The van der Waals surface area contributed by atoms with E-state index in [1.807, 2.05) is 61.7 Å². The van der Waals surface area contributed by atoms with Crippen molar-refractivity contribution in [1.29, 1.82) is 0 Å². The first-order valence-electron chi connectivity index (χ1n) is 11.4. The van der Waals surface area contributed by atoms with Crippen LogP contribution in [0.4, 0.5) is 4.79 Å². The molecule has 2 amide bonds. The van der Waals surface area contributed by atoms with E-state index < -0.39 is 5.60 Å². The Kier molecular flexibility index (Phi) is 6.62. The molecule has 1 N–H and O–H groups in total. The molecule has 0 spiro atoms. The quantitative estimate of drug-likeness (QED) is 0.617. The standard InChI is InChI=1S/C25H31N5O3/c1-25(2,3)33-24(32)29-15-7-11-21(29)23-28-19-9-4-5-10-20(19)30(23)17-22(31)27-14-12-18-8-6-13-26-16-18/h4-6,8-10,13,16,21H,7,11-12,14-15,17H2,1-3H3,(H,27,31). The first-order valence-corrected chi connectivity index (χ1v) is 11.4. The van der Waals surface area contributed by atoms with E-state index in [1.165, 1.54) is 0 Å². The molecular weight excluding hydrogens is 418 g/mol. The van der Waals surface area contributed by atoms with Crippen LogP contribution in [0.15, 0.2) is 48.8 Å². The van der Waals surface area contributed by atoms with E-state index in [0.717, 1.165) is 35.3 Å². The Morgan fingerprint density at radius 3 is 2.76 bits per heavy atom. The van der Waals surface area contributed by atoms with Gasteiger partial charge in [-0.25, -0.2) is 9.78 Å². The predicted molar refractivity (Wildman–Crippen MR) is 126 cm³/mol. The molecule has 1 fully saturated rings. The molecule has 2 aromatic heterocycles. The summed E-state index contributed by atoms with van der Waals surface area (Å²) in [7, 11) is 0. The number of likely N-dealkylation sites (tertiary alicyclic amines) is 1. The SMILES string of the molecule is CC(C)(C)OC(=O)N1CCCC1c1nc2ccccc2n1CC(=O)NCCc1cccnc1. The molecule has 1 unspecified atom stereocenters. The van der Waals surface area contributed by atoms with Gasteiger partial charge in [-0.1, -0.05) is 18.2 Å². The number of carbonyl (C=O) groups is 2. The predicted octanol–water partition coefficient (Wildman–Crippen LogP) is 3.86. The lowest BCUT2D eigenvalue weighted by atomic mass is 10.2. The highest BCUT2D eigenvalue weighted by molar-refractivity contribution is 5.81. The van der Waals surface area contributed by atoms with Gasteiger partial charge in [0.1, 0.15) is 18.0 Å². The molecule has 0 aliphatic carbocycles. The molecule has 8 heteroatoms. The van der Waals surface area contributed by atoms with E-state index in [4.69, 9.17) is 9.72 Å². The molecule has 1 aliphatic rings. The number of nitrogens with one attached hydrogen (secondary N) is 1. The second-order valence-corrected chi connectivity index (χ2v) is 9.34. The fourth-order valence-corrected chi connectivity index (χ4v) is 4.18. The lowest BCUT2D eigenvalue weighted by Crippen LogP contribution is -2.37. The summed E-state index contributed by atoms with van der Waals surface area (Å²) in [6, 6.07) is 11.4. The third-order valence-electron chi connectivity index (χ3n) is 5.62. The van der Waals surface area contributed by atoms with E-state index in [9.17, 15) is 9.59 Å². The number of aromatic nitrogens is 3. The lowest BCUT2D eigenvalue weighted by molar-refractivity contribution is -0.121. The summed E-state index contributed by atoms with van der Waals surface area (Å²) in [6.07, 6.45) is 5.56. The summed E-state index contributed by atoms with van der Waals surface area (Å²) >= 11 is 0. The number of nitrogens with zero attached hydrogens (tertiary/aromatic N) is 4. The molecular formula is C25H31N5O3. The van der Waals surface area contributed by atoms with Gasteiger partial charge in [0.2, 0.25) is 5.91 Å². The van der Waals surface area contributed by atoms with Crippen LogP contribution in [-0.2, 0) is 22.5 Å². The normalized spacial score (nSPS) is 16.2. The van der Waals surface area contributed by atoms with E-state index >= 15 is 0 Å². The van der Waals surface area contributed by atoms with E-state index in [-0.39, 0.29) is 24.6 Å². The monoisotopic (exact) mass is 449 g/mol. The molecule has 0 saturated carbocycles. The minimum atomic E-state index is -0.571. The summed E-state index contributed by atoms with van der Waals surface area (Å²) in [4.78, 5) is 36.4. The van der Waals surface area contributed by atoms with Crippen molar-refractivity contribution < 1.29 is 14.3 Å². The van der Waals surface area contributed by atoms with Gasteiger partial charge < -0.3 is 14.6 Å². The summed E-state index contributed by atoms with van der Waals surface area (Å²) < 4.78 is 7.56. The number of imidazole rings is 1. The Morgan fingerprint density at radius 1 is 1.18 bits per heavy atom. The van der Waals surface area contributed by atoms with E-state index in [2.05, 4.69) is 10.3 Å². The Bertz CT molecular complexity index is 1120. The van der Waals surface area contributed by atoms with Crippen molar-refractivity contribution in [1.82, 2.24) is 24.8 Å². The number of rotatable bonds is 6. The first kappa shape index (κ1) is 22.8. The zero-order valence-corrected chi connectivity index (χ0v) is 19.5. The van der Waals surface area contributed by atoms with Crippen molar-refractivity contribution >= 4 is 23.0 Å². The average Bonchev–Trinajstić information content (AvgIpc) is 3.38. The summed E-state index contributed by atoms with van der Waals surface area (Å²) in [6.45, 7) is 6.87. The highest BCUT2D eigenvalue weighted by Crippen LogP contribution is 2.34. The van der Waals surface area contributed by atoms with Crippen LogP contribution < -0.4 is 5.32 Å². The maximum atomic E-state index is 12.9. The zero-order valence-electron chi connectivity index (χ0n) is 19.5. The van der Waals surface area contributed by atoms with Crippen LogP contribution in [0.5, 0.6) is 0 Å². The second kappa shape index (κ2) is 9.60. The molecule has 8 nitrogen and oxygen atoms in total. The molecule has 3 aromatic rings. The number of fused-ring (bicyclic) bond motifs is 1. The third kappa shape index (κ3) is 5.50. The van der Waals surface area contributed by atoms with Gasteiger partial charge in [-0.2, -0.15) is 0 Å². The molecule has 1 aliphatic heterocycles. The van der Waals surface area contributed by atoms with E-state index in [0.29, 0.717) is 19.5 Å². The number of carbonyl (C=O) groups excluding carboxylic acids is 2. The smallest absolute Gasteiger partial charge is 0.410 e. The Balaban J connectivity index is 1.53. The summed E-state index contributed by atoms with van der Waals surface area (Å²) in [5, 5.41) is 3.00. The highest BCUT2D eigenvalue weighted by Gasteiger charge is 2.36. The first-order chi connectivity index (χ1) is 15.8. The summed E-state index contributed by atoms with van der Waals surface area (Å²) in [5.41, 5.74) is 2.20. The average molecular weight is 450 g/mol. The van der Waals surface area contributed by atoms with Crippen LogP contribution in [-0.4, -0.2) is 50.1 Å². The fourth-order valence-electron chi connectivity index (χ4n) is 4.18. The Hall–Kier alpha value is -3.42. The van der Waals surface area contributed by atoms with Gasteiger partial charge in [0.05, 0.1) is 17.1 Å². The summed E-state index contributed by atoms with van der Waals surface area (Å²) in [5.74, 6) is 0.632. The van der Waals surface area contributed by atoms with Crippen molar-refractivity contribution in [2.24, 2.45) is 0 Å². The van der Waals surface area contributed by atoms with Crippen molar-refractivity contribution in [3.05, 3.63) is 60.2 Å². The van der Waals surface area contributed by atoms with E-state index in [1.54, 1.807) is 17.3 Å². The van der Waals surface area contributed by atoms with Crippen LogP contribution in [0.2, 0.25) is 0 Å². The highest BCUT2D eigenvalue weighted by atomic mass is 16.6. The molecule has 0 radical (unpaired) electrons. The maximum Gasteiger partial charge on any atom is 0.410 e. The van der Waals surface area contributed by atoms with Gasteiger partial charge in [0, 0.05) is 25.5 Å². The zero-order chi connectivity index (χ0) is 23.4. The topological polar surface area (TPSA) is 89.4 Å². The van der Waals surface area contributed by atoms with Crippen LogP contribution >= 0.6 is 0 Å². The Morgan fingerprint density at radius 2 is 2.00 bits per heavy atom. The third-order valence-corrected chi connectivity index (χ3v) is 5.62. The molecule has 1 atom stereocenters. The number of benzene rings is 1. The minimum absolute atomic E-state index is 0.0925. The minimum Gasteiger partial charge on any atom is -0.444 e. The largest absolute Gasteiger partial charge is 0.444 e. The molecule has 1 aromatic carbocycles. The number of amides is 2. The molecule has 1 saturated heterocycles. The van der Waals surface area contributed by atoms with Crippen molar-refractivity contribution in [3.63, 3.8) is 0 Å². The van der Waals surface area contributed by atoms with Gasteiger partial charge >= 0.3 is 6.09 Å². The van der Waals surface area contributed by atoms with Gasteiger partial charge in [-0.05, 0) is 63.8 Å². The van der Waals surface area contributed by atoms with Crippen LogP contribution in [0.25, 0.3) is 11.0 Å². The molecule has 174 valence electrons. The van der Waals surface area contributed by atoms with Crippen molar-refractivity contribution in [3.8, 4) is 0 Å². The number of hydrogen-bond donors (Lipinski definition) is 1. The van der Waals surface area contributed by atoms with Crippen LogP contribution in [0.3, 0.4) is 0 Å². The number of ether oxygens (including phenoxy) is 1.